The van der Waals surface area contributed by atoms with Crippen LogP contribution in [0.4, 0.5) is 0 Å². The maximum Gasteiger partial charge on any atom is 0.215 e. The van der Waals surface area contributed by atoms with E-state index in [4.69, 9.17) is 4.74 Å². The molecule has 3 atom stereocenters. The van der Waals surface area contributed by atoms with Crippen molar-refractivity contribution in [1.29, 1.82) is 0 Å². The van der Waals surface area contributed by atoms with Crippen molar-refractivity contribution in [2.45, 2.75) is 64.9 Å². The highest BCUT2D eigenvalue weighted by atomic mass is 16.5. The Morgan fingerprint density at radius 2 is 1.78 bits per heavy atom. The topological polar surface area (TPSA) is 20.8 Å². The first-order valence-electron chi connectivity index (χ1n) is 19.7. The van der Waals surface area contributed by atoms with Gasteiger partial charge in [0.2, 0.25) is 11.4 Å². The number of nitrogens with zero attached hydrogens (tertiary/aromatic N) is 3. The second-order valence-corrected chi connectivity index (χ2v) is 16.6. The summed E-state index contributed by atoms with van der Waals surface area (Å²) in [5, 5.41) is 2.69. The summed E-state index contributed by atoms with van der Waals surface area (Å²) in [6.07, 6.45) is 20.6. The van der Waals surface area contributed by atoms with E-state index in [0.29, 0.717) is 0 Å². The number of aromatic nitrogens is 2. The van der Waals surface area contributed by atoms with Crippen molar-refractivity contribution in [2.75, 3.05) is 13.6 Å². The van der Waals surface area contributed by atoms with Crippen molar-refractivity contribution in [2.24, 2.45) is 5.92 Å². The normalized spacial score (nSPS) is 19.9. The Balaban J connectivity index is 1.15. The molecule has 4 heteroatoms. The van der Waals surface area contributed by atoms with E-state index < -0.39 is 0 Å². The van der Waals surface area contributed by atoms with Crippen molar-refractivity contribution in [1.82, 2.24) is 9.30 Å². The zero-order chi connectivity index (χ0) is 36.9. The third-order valence-corrected chi connectivity index (χ3v) is 12.4. The quantitative estimate of drug-likeness (QED) is 0.127. The van der Waals surface area contributed by atoms with E-state index in [1.54, 1.807) is 0 Å². The first kappa shape index (κ1) is 33.0. The van der Waals surface area contributed by atoms with Gasteiger partial charge in [0, 0.05) is 80.8 Å². The predicted octanol–water partition coefficient (Wildman–Crippen LogP) is 10.7. The van der Waals surface area contributed by atoms with Crippen LogP contribution >= 0.6 is 0 Å². The number of fused-ring (bicyclic) bond motifs is 13. The highest BCUT2D eigenvalue weighted by Crippen LogP contribution is 2.52. The zero-order valence-electron chi connectivity index (χ0n) is 32.2. The molecular formula is C50H48N3O+. The summed E-state index contributed by atoms with van der Waals surface area (Å²) < 4.78 is 11.7. The fraction of sp³-hybridized carbons (Fsp3) is 0.260. The van der Waals surface area contributed by atoms with Crippen LogP contribution < -0.4 is 9.30 Å². The molecule has 4 aliphatic rings. The highest BCUT2D eigenvalue weighted by Gasteiger charge is 2.43. The number of hydrogen-bond acceptors (Lipinski definition) is 2. The number of likely N-dealkylation sites (N-methyl/N-ethyl adjacent to an activating group) is 1. The van der Waals surface area contributed by atoms with Crippen LogP contribution in [0.15, 0.2) is 115 Å². The van der Waals surface area contributed by atoms with E-state index in [1.165, 1.54) is 83.7 Å². The van der Waals surface area contributed by atoms with Crippen LogP contribution in [-0.4, -0.2) is 29.0 Å². The number of rotatable bonds is 6. The first-order valence-corrected chi connectivity index (χ1v) is 19.7. The molecule has 0 saturated heterocycles. The Morgan fingerprint density at radius 1 is 0.981 bits per heavy atom. The predicted molar refractivity (Wildman–Crippen MR) is 224 cm³/mol. The van der Waals surface area contributed by atoms with E-state index >= 15 is 0 Å². The lowest BCUT2D eigenvalue weighted by atomic mass is 9.79. The third kappa shape index (κ3) is 4.85. The van der Waals surface area contributed by atoms with Gasteiger partial charge in [-0.15, -0.1) is 0 Å². The van der Waals surface area contributed by atoms with Gasteiger partial charge in [-0.25, -0.2) is 0 Å². The maximum absolute atomic E-state index is 6.57. The lowest BCUT2D eigenvalue weighted by Crippen LogP contribution is -2.45. The molecule has 0 spiro atoms. The molecule has 10 rings (SSSR count). The lowest BCUT2D eigenvalue weighted by molar-refractivity contribution is -0.587. The second kappa shape index (κ2) is 12.2. The summed E-state index contributed by atoms with van der Waals surface area (Å²) in [5.41, 5.74) is 17.5. The minimum Gasteiger partial charge on any atom is -0.485 e. The number of allylic oxidation sites excluding steroid dienone is 5. The Labute approximate surface area is 319 Å². The van der Waals surface area contributed by atoms with Gasteiger partial charge in [0.1, 0.15) is 18.4 Å². The fourth-order valence-electron chi connectivity index (χ4n) is 9.77. The van der Waals surface area contributed by atoms with Gasteiger partial charge in [-0.1, -0.05) is 107 Å². The Hall–Kier alpha value is -5.61. The number of hydrogen-bond donors (Lipinski definition) is 0. The summed E-state index contributed by atoms with van der Waals surface area (Å²) in [4.78, 5) is 2.44. The molecule has 3 aromatic carbocycles. The van der Waals surface area contributed by atoms with E-state index in [-0.39, 0.29) is 23.4 Å². The summed E-state index contributed by atoms with van der Waals surface area (Å²) in [6.45, 7) is 12.1. The average molecular weight is 707 g/mol. The van der Waals surface area contributed by atoms with Gasteiger partial charge in [-0.05, 0) is 66.7 Å². The molecule has 4 nitrogen and oxygen atoms in total. The van der Waals surface area contributed by atoms with Crippen molar-refractivity contribution in [3.05, 3.63) is 166 Å². The molecule has 2 aliphatic carbocycles. The summed E-state index contributed by atoms with van der Waals surface area (Å²) >= 11 is 0. The van der Waals surface area contributed by atoms with E-state index in [0.717, 1.165) is 25.1 Å². The van der Waals surface area contributed by atoms with Crippen LogP contribution in [0, 0.1) is 5.92 Å². The number of pyridine rings is 1. The molecule has 0 radical (unpaired) electrons. The van der Waals surface area contributed by atoms with Gasteiger partial charge in [0.05, 0.1) is 11.4 Å². The van der Waals surface area contributed by atoms with Crippen LogP contribution in [-0.2, 0) is 18.3 Å². The molecule has 3 unspecified atom stereocenters. The van der Waals surface area contributed by atoms with Gasteiger partial charge >= 0.3 is 0 Å². The van der Waals surface area contributed by atoms with Crippen LogP contribution in [0.3, 0.4) is 0 Å². The van der Waals surface area contributed by atoms with Gasteiger partial charge in [0.25, 0.3) is 0 Å². The van der Waals surface area contributed by atoms with E-state index in [1.807, 2.05) is 0 Å². The molecule has 54 heavy (non-hydrogen) atoms. The Kier molecular flexibility index (Phi) is 7.46. The molecule has 3 aromatic heterocycles. The average Bonchev–Trinajstić information content (AvgIpc) is 3.83. The second-order valence-electron chi connectivity index (χ2n) is 16.6. The molecule has 268 valence electrons. The Bertz CT molecular complexity index is 2650. The van der Waals surface area contributed by atoms with Crippen molar-refractivity contribution < 1.29 is 9.30 Å². The highest BCUT2D eigenvalue weighted by molar-refractivity contribution is 6.09. The molecule has 0 amide bonds. The number of benzene rings is 3. The van der Waals surface area contributed by atoms with Crippen LogP contribution in [0.1, 0.15) is 91.0 Å². The summed E-state index contributed by atoms with van der Waals surface area (Å²) in [6, 6.07) is 29.2. The third-order valence-electron chi connectivity index (χ3n) is 12.4. The largest absolute Gasteiger partial charge is 0.485 e. The Morgan fingerprint density at radius 3 is 2.59 bits per heavy atom. The molecule has 0 fully saturated rings. The SMILES string of the molecule is C/C=C\C=C(\c1ccccc1CC)N(C)CC1=CC2Cc3c(c4cccc5c6c(n3c45)C3c4ccccc4OC3C=C6)C=C2c2cc(C(C)(C)C)cc[n+]21. The zero-order valence-corrected chi connectivity index (χ0v) is 32.2. The minimum absolute atomic E-state index is 0.0108. The van der Waals surface area contributed by atoms with Crippen molar-refractivity contribution >= 4 is 45.4 Å². The number of ether oxygens (including phenoxy) is 1. The molecule has 0 N–H and O–H groups in total. The van der Waals surface area contributed by atoms with Gasteiger partial charge in [0.15, 0.2) is 6.20 Å². The summed E-state index contributed by atoms with van der Waals surface area (Å²) in [7, 11) is 2.25. The number of aryl methyl sites for hydroxylation is 1. The van der Waals surface area contributed by atoms with E-state index in [9.17, 15) is 0 Å². The van der Waals surface area contributed by atoms with Crippen LogP contribution in [0.5, 0.6) is 5.75 Å². The van der Waals surface area contributed by atoms with Crippen LogP contribution in [0.25, 0.3) is 45.4 Å². The molecular weight excluding hydrogens is 659 g/mol. The molecule has 5 heterocycles. The van der Waals surface area contributed by atoms with E-state index in [2.05, 4.69) is 183 Å². The minimum atomic E-state index is 0.0108. The monoisotopic (exact) mass is 706 g/mol. The van der Waals surface area contributed by atoms with Crippen molar-refractivity contribution in [3.63, 3.8) is 0 Å². The van der Waals surface area contributed by atoms with Crippen molar-refractivity contribution in [3.8, 4) is 5.75 Å². The lowest BCUT2D eigenvalue weighted by Gasteiger charge is -2.30. The summed E-state index contributed by atoms with van der Waals surface area (Å²) in [5.74, 6) is 1.43. The number of para-hydroxylation sites is 2. The van der Waals surface area contributed by atoms with Gasteiger partial charge < -0.3 is 14.0 Å². The standard InChI is InChI=1S/C50H48N3O/c1-7-9-20-42(35-16-11-10-15-31(35)8-2)51(6)30-34-26-32-27-44-41(29-40(32)43-28-33(50(3,4)5)24-25-52(34)43)37-19-14-18-36-38-22-23-46-47(49(38)53(44)48(36)37)39-17-12-13-21-45(39)54-46/h7,9-26,28-29,32,46-47H,8,27,30H2,1-6H3/q+1/b9-7-,42-20-. The smallest absolute Gasteiger partial charge is 0.215 e. The van der Waals surface area contributed by atoms with Gasteiger partial charge in [-0.2, -0.15) is 4.57 Å². The molecule has 0 saturated carbocycles. The van der Waals surface area contributed by atoms with Crippen LogP contribution in [0.2, 0.25) is 0 Å². The molecule has 0 bridgehead atoms. The van der Waals surface area contributed by atoms with Gasteiger partial charge in [-0.3, -0.25) is 0 Å². The fourth-order valence-corrected chi connectivity index (χ4v) is 9.77. The molecule has 2 aliphatic heterocycles. The maximum atomic E-state index is 6.57. The first-order chi connectivity index (χ1) is 26.2. The molecule has 6 aromatic rings.